The molecule has 0 unspecified atom stereocenters. The molecule has 37 heavy (non-hydrogen) atoms. The lowest BCUT2D eigenvalue weighted by molar-refractivity contribution is -0.137. The van der Waals surface area contributed by atoms with Gasteiger partial charge in [-0.05, 0) is 76.9 Å². The summed E-state index contributed by atoms with van der Waals surface area (Å²) in [5.41, 5.74) is 0.168. The van der Waals surface area contributed by atoms with Crippen LogP contribution in [-0.2, 0) is 6.18 Å². The Morgan fingerprint density at radius 3 is 2.51 bits per heavy atom. The van der Waals surface area contributed by atoms with Crippen LogP contribution in [0, 0.1) is 0 Å². The molecule has 0 radical (unpaired) electrons. The summed E-state index contributed by atoms with van der Waals surface area (Å²) in [5.74, 6) is 1.21. The number of aromatic nitrogens is 4. The van der Waals surface area contributed by atoms with Crippen LogP contribution in [-0.4, -0.2) is 57.1 Å². The lowest BCUT2D eigenvalue weighted by Gasteiger charge is -2.28. The lowest BCUT2D eigenvalue weighted by atomic mass is 10.1. The van der Waals surface area contributed by atoms with Gasteiger partial charge >= 0.3 is 6.18 Å². The molecule has 6 rings (SSSR count). The molecule has 7 nitrogen and oxygen atoms in total. The second-order valence-electron chi connectivity index (χ2n) is 10.2. The van der Waals surface area contributed by atoms with Crippen molar-refractivity contribution in [2.45, 2.75) is 67.6 Å². The number of thioether (sulfide) groups is 1. The summed E-state index contributed by atoms with van der Waals surface area (Å²) in [7, 11) is 2.13. The average molecular weight is 550 g/mol. The summed E-state index contributed by atoms with van der Waals surface area (Å²) in [5, 5.41) is 12.4. The van der Waals surface area contributed by atoms with Crippen LogP contribution in [0.3, 0.4) is 0 Å². The monoisotopic (exact) mass is 549 g/mol. The van der Waals surface area contributed by atoms with E-state index in [-0.39, 0.29) is 11.6 Å². The molecule has 3 aliphatic rings. The number of alkyl halides is 3. The highest BCUT2D eigenvalue weighted by Crippen LogP contribution is 2.46. The SMILES string of the molecule is CSc1cc(-c2nc(Nc3nn(C4CCN(C)CC4)cc3C3CC3)ncc2C(F)(F)F)sc1NC1CC1. The van der Waals surface area contributed by atoms with Gasteiger partial charge < -0.3 is 15.5 Å². The number of hydrogen-bond donors (Lipinski definition) is 2. The topological polar surface area (TPSA) is 70.9 Å². The molecule has 2 saturated carbocycles. The molecule has 0 aromatic carbocycles. The minimum absolute atomic E-state index is 0.100. The highest BCUT2D eigenvalue weighted by molar-refractivity contribution is 7.99. The van der Waals surface area contributed by atoms with Gasteiger partial charge in [-0.1, -0.05) is 0 Å². The minimum atomic E-state index is -4.56. The van der Waals surface area contributed by atoms with Crippen molar-refractivity contribution in [1.82, 2.24) is 24.6 Å². The zero-order chi connectivity index (χ0) is 25.7. The predicted molar refractivity (Wildman–Crippen MR) is 142 cm³/mol. The molecule has 3 aromatic heterocycles. The quantitative estimate of drug-likeness (QED) is 0.307. The maximum Gasteiger partial charge on any atom is 0.420 e. The van der Waals surface area contributed by atoms with E-state index >= 15 is 0 Å². The second-order valence-corrected chi connectivity index (χ2v) is 12.1. The standard InChI is InChI=1S/C25H30F3N7S2/c1-34-9-7-16(8-10-34)35-13-17(14-3-4-14)22(33-35)32-24-29-12-18(25(26,27)28)21(31-24)19-11-20(36-2)23(37-19)30-15-5-6-15/h11-16,30H,3-10H2,1-2H3,(H,29,31,32,33). The maximum absolute atomic E-state index is 14.0. The summed E-state index contributed by atoms with van der Waals surface area (Å²) < 4.78 is 44.0. The molecule has 0 amide bonds. The Bertz CT molecular complexity index is 1270. The van der Waals surface area contributed by atoms with Crippen molar-refractivity contribution in [3.8, 4) is 10.6 Å². The lowest BCUT2D eigenvalue weighted by Crippen LogP contribution is -2.31. The van der Waals surface area contributed by atoms with Crippen molar-refractivity contribution < 1.29 is 13.2 Å². The number of halogens is 3. The molecule has 198 valence electrons. The molecule has 0 spiro atoms. The fraction of sp³-hybridized carbons (Fsp3) is 0.560. The highest BCUT2D eigenvalue weighted by atomic mass is 32.2. The van der Waals surface area contributed by atoms with Crippen molar-refractivity contribution >= 4 is 39.9 Å². The Balaban J connectivity index is 1.33. The minimum Gasteiger partial charge on any atom is -0.373 e. The van der Waals surface area contributed by atoms with E-state index in [9.17, 15) is 13.2 Å². The number of rotatable bonds is 8. The Morgan fingerprint density at radius 2 is 1.86 bits per heavy atom. The van der Waals surface area contributed by atoms with Gasteiger partial charge in [-0.15, -0.1) is 23.1 Å². The average Bonchev–Trinajstić information content (AvgIpc) is 3.79. The number of hydrogen-bond acceptors (Lipinski definition) is 8. The van der Waals surface area contributed by atoms with E-state index in [1.54, 1.807) is 6.07 Å². The Hall–Kier alpha value is -2.31. The van der Waals surface area contributed by atoms with Gasteiger partial charge in [0, 0.05) is 28.9 Å². The van der Waals surface area contributed by atoms with Crippen LogP contribution in [0.5, 0.6) is 0 Å². The van der Waals surface area contributed by atoms with Gasteiger partial charge in [0.1, 0.15) is 10.6 Å². The maximum atomic E-state index is 14.0. The van der Waals surface area contributed by atoms with Crippen molar-refractivity contribution in [2.24, 2.45) is 0 Å². The molecule has 0 bridgehead atoms. The van der Waals surface area contributed by atoms with E-state index in [1.165, 1.54) is 23.1 Å². The van der Waals surface area contributed by atoms with Crippen LogP contribution in [0.2, 0.25) is 0 Å². The molecule has 1 saturated heterocycles. The van der Waals surface area contributed by atoms with Gasteiger partial charge in [0.25, 0.3) is 0 Å². The first kappa shape index (κ1) is 25.0. The fourth-order valence-corrected chi connectivity index (χ4v) is 6.71. The number of nitrogens with one attached hydrogen (secondary N) is 2. The van der Waals surface area contributed by atoms with Gasteiger partial charge in [-0.3, -0.25) is 4.68 Å². The molecule has 4 heterocycles. The fourth-order valence-electron chi connectivity index (χ4n) is 4.74. The number of thiophene rings is 1. The number of anilines is 3. The van der Waals surface area contributed by atoms with Crippen molar-refractivity contribution in [2.75, 3.05) is 37.0 Å². The van der Waals surface area contributed by atoms with Crippen LogP contribution in [0.4, 0.5) is 29.9 Å². The Kier molecular flexibility index (Phi) is 6.60. The number of piperidine rings is 1. The zero-order valence-electron chi connectivity index (χ0n) is 20.8. The normalized spacial score (nSPS) is 19.4. The molecular weight excluding hydrogens is 519 g/mol. The Morgan fingerprint density at radius 1 is 1.11 bits per heavy atom. The smallest absolute Gasteiger partial charge is 0.373 e. The van der Waals surface area contributed by atoms with E-state index in [4.69, 9.17) is 5.10 Å². The van der Waals surface area contributed by atoms with Crippen molar-refractivity contribution in [3.63, 3.8) is 0 Å². The second kappa shape index (κ2) is 9.77. The zero-order valence-corrected chi connectivity index (χ0v) is 22.4. The first-order chi connectivity index (χ1) is 17.8. The molecule has 3 aromatic rings. The van der Waals surface area contributed by atoms with E-state index in [0.29, 0.717) is 28.7 Å². The van der Waals surface area contributed by atoms with E-state index in [1.807, 2.05) is 10.9 Å². The summed E-state index contributed by atoms with van der Waals surface area (Å²) >= 11 is 2.84. The van der Waals surface area contributed by atoms with Gasteiger partial charge in [-0.25, -0.2) is 9.97 Å². The van der Waals surface area contributed by atoms with Gasteiger partial charge in [-0.2, -0.15) is 18.3 Å². The first-order valence-electron chi connectivity index (χ1n) is 12.7. The first-order valence-corrected chi connectivity index (χ1v) is 14.8. The van der Waals surface area contributed by atoms with E-state index < -0.39 is 11.7 Å². The summed E-state index contributed by atoms with van der Waals surface area (Å²) in [6.07, 6.45) is 6.79. The highest BCUT2D eigenvalue weighted by Gasteiger charge is 2.37. The largest absolute Gasteiger partial charge is 0.420 e. The number of likely N-dealkylation sites (tertiary alicyclic amines) is 1. The van der Waals surface area contributed by atoms with Gasteiger partial charge in [0.05, 0.1) is 16.6 Å². The van der Waals surface area contributed by atoms with Crippen molar-refractivity contribution in [3.05, 3.63) is 29.6 Å². The third-order valence-corrected chi connectivity index (χ3v) is 9.19. The molecule has 2 aliphatic carbocycles. The summed E-state index contributed by atoms with van der Waals surface area (Å²) in [4.78, 5) is 12.2. The molecule has 12 heteroatoms. The predicted octanol–water partition coefficient (Wildman–Crippen LogP) is 6.60. The van der Waals surface area contributed by atoms with Crippen LogP contribution < -0.4 is 10.6 Å². The molecular formula is C25H30F3N7S2. The van der Waals surface area contributed by atoms with Crippen LogP contribution >= 0.6 is 23.1 Å². The van der Waals surface area contributed by atoms with Gasteiger partial charge in [0.15, 0.2) is 5.82 Å². The summed E-state index contributed by atoms with van der Waals surface area (Å²) in [6.45, 7) is 2.04. The summed E-state index contributed by atoms with van der Waals surface area (Å²) in [6, 6.07) is 2.52. The molecule has 3 fully saturated rings. The third kappa shape index (κ3) is 5.46. The van der Waals surface area contributed by atoms with E-state index in [0.717, 1.165) is 73.3 Å². The Labute approximate surface area is 222 Å². The molecule has 0 atom stereocenters. The van der Waals surface area contributed by atoms with Crippen LogP contribution in [0.15, 0.2) is 23.4 Å². The van der Waals surface area contributed by atoms with Crippen LogP contribution in [0.1, 0.15) is 61.6 Å². The molecule has 2 N–H and O–H groups in total. The van der Waals surface area contributed by atoms with E-state index in [2.05, 4.69) is 38.7 Å². The van der Waals surface area contributed by atoms with Crippen LogP contribution in [0.25, 0.3) is 10.6 Å². The molecule has 1 aliphatic heterocycles. The third-order valence-electron chi connectivity index (χ3n) is 7.23. The van der Waals surface area contributed by atoms with Crippen molar-refractivity contribution in [1.29, 1.82) is 0 Å². The number of nitrogens with zero attached hydrogens (tertiary/aromatic N) is 5. The van der Waals surface area contributed by atoms with Gasteiger partial charge in [0.2, 0.25) is 5.95 Å².